The Morgan fingerprint density at radius 3 is 2.48 bits per heavy atom. The van der Waals surface area contributed by atoms with Crippen molar-refractivity contribution in [1.29, 1.82) is 0 Å². The Balaban J connectivity index is 2.12. The highest BCUT2D eigenvalue weighted by atomic mass is 16.4. The van der Waals surface area contributed by atoms with Gasteiger partial charge in [-0.05, 0) is 60.8 Å². The van der Waals surface area contributed by atoms with Gasteiger partial charge < -0.3 is 10.0 Å². The highest BCUT2D eigenvalue weighted by molar-refractivity contribution is 5.90. The Kier molecular flexibility index (Phi) is 4.58. The maximum Gasteiger partial charge on any atom is 0.335 e. The third-order valence-electron chi connectivity index (χ3n) is 3.79. The fraction of sp³-hybridized carbons (Fsp3) is 0.222. The second-order valence-electron chi connectivity index (χ2n) is 6.18. The van der Waals surface area contributed by atoms with Crippen LogP contribution in [0.2, 0.25) is 0 Å². The molecule has 0 radical (unpaired) electrons. The molecular weight excluding hydrogens is 318 g/mol. The number of hydrogen-bond acceptors (Lipinski definition) is 5. The van der Waals surface area contributed by atoms with Crippen molar-refractivity contribution in [2.45, 2.75) is 13.5 Å². The van der Waals surface area contributed by atoms with Gasteiger partial charge >= 0.3 is 5.97 Å². The van der Waals surface area contributed by atoms with E-state index in [1.165, 1.54) is 0 Å². The predicted molar refractivity (Wildman–Crippen MR) is 93.7 cm³/mol. The highest BCUT2D eigenvalue weighted by Gasteiger charge is 2.14. The van der Waals surface area contributed by atoms with Crippen LogP contribution in [0.5, 0.6) is 0 Å². The molecule has 3 aromatic rings. The molecule has 2 aromatic carbocycles. The van der Waals surface area contributed by atoms with Crippen molar-refractivity contribution in [2.24, 2.45) is 0 Å². The second-order valence-corrected chi connectivity index (χ2v) is 6.18. The van der Waals surface area contributed by atoms with Crippen molar-refractivity contribution in [3.8, 4) is 16.8 Å². The molecule has 0 bridgehead atoms. The third-order valence-corrected chi connectivity index (χ3v) is 3.79. The molecule has 1 N–H and O–H groups in total. The van der Waals surface area contributed by atoms with E-state index < -0.39 is 5.97 Å². The molecule has 0 aliphatic rings. The minimum Gasteiger partial charge on any atom is -0.478 e. The largest absolute Gasteiger partial charge is 0.478 e. The van der Waals surface area contributed by atoms with Gasteiger partial charge in [-0.1, -0.05) is 29.8 Å². The van der Waals surface area contributed by atoms with Crippen molar-refractivity contribution in [2.75, 3.05) is 14.1 Å². The number of carboxylic acids is 1. The van der Waals surface area contributed by atoms with Crippen LogP contribution in [-0.2, 0) is 6.54 Å². The molecular formula is C18H19N5O2. The number of aromatic nitrogens is 4. The van der Waals surface area contributed by atoms with E-state index in [0.717, 1.165) is 16.7 Å². The minimum absolute atomic E-state index is 0.194. The van der Waals surface area contributed by atoms with Crippen LogP contribution in [0.25, 0.3) is 16.8 Å². The Hall–Kier alpha value is -3.06. The Morgan fingerprint density at radius 1 is 1.12 bits per heavy atom. The van der Waals surface area contributed by atoms with Gasteiger partial charge in [0.15, 0.2) is 5.82 Å². The lowest BCUT2D eigenvalue weighted by molar-refractivity contribution is 0.0697. The minimum atomic E-state index is -0.988. The molecule has 7 heteroatoms. The first kappa shape index (κ1) is 16.8. The molecule has 0 unspecified atom stereocenters. The first-order valence-electron chi connectivity index (χ1n) is 7.82. The van der Waals surface area contributed by atoms with Crippen LogP contribution in [0.3, 0.4) is 0 Å². The van der Waals surface area contributed by atoms with Crippen LogP contribution < -0.4 is 0 Å². The fourth-order valence-electron chi connectivity index (χ4n) is 2.56. The fourth-order valence-corrected chi connectivity index (χ4v) is 2.56. The van der Waals surface area contributed by atoms with Gasteiger partial charge in [-0.25, -0.2) is 4.79 Å². The third kappa shape index (κ3) is 3.72. The lowest BCUT2D eigenvalue weighted by Gasteiger charge is -2.12. The highest BCUT2D eigenvalue weighted by Crippen LogP contribution is 2.25. The lowest BCUT2D eigenvalue weighted by atomic mass is 10.0. The standard InChI is InChI=1S/C18H19N5O2/c1-12-4-6-13(7-5-12)14-8-15(18(24)25)10-16(9-14)23-17(11-22(2)3)19-20-21-23/h4-10H,11H2,1-3H3,(H,24,25). The number of aromatic carboxylic acids is 1. The Bertz CT molecular complexity index is 900. The van der Waals surface area contributed by atoms with Crippen LogP contribution in [0.15, 0.2) is 42.5 Å². The first-order valence-corrected chi connectivity index (χ1v) is 7.82. The van der Waals surface area contributed by atoms with E-state index >= 15 is 0 Å². The number of benzene rings is 2. The Morgan fingerprint density at radius 2 is 1.84 bits per heavy atom. The zero-order chi connectivity index (χ0) is 18.0. The zero-order valence-electron chi connectivity index (χ0n) is 14.3. The molecule has 1 heterocycles. The molecule has 3 rings (SSSR count). The van der Waals surface area contributed by atoms with Crippen molar-refractivity contribution >= 4 is 5.97 Å². The summed E-state index contributed by atoms with van der Waals surface area (Å²) >= 11 is 0. The second kappa shape index (κ2) is 6.82. The van der Waals surface area contributed by atoms with Gasteiger partial charge in [0.25, 0.3) is 0 Å². The average molecular weight is 337 g/mol. The molecule has 128 valence electrons. The summed E-state index contributed by atoms with van der Waals surface area (Å²) in [4.78, 5) is 13.5. The van der Waals surface area contributed by atoms with Crippen molar-refractivity contribution < 1.29 is 9.90 Å². The van der Waals surface area contributed by atoms with Crippen molar-refractivity contribution in [3.05, 3.63) is 59.4 Å². The van der Waals surface area contributed by atoms with Gasteiger partial charge in [-0.2, -0.15) is 4.68 Å². The average Bonchev–Trinajstić information content (AvgIpc) is 3.02. The van der Waals surface area contributed by atoms with Crippen LogP contribution in [0.4, 0.5) is 0 Å². The van der Waals surface area contributed by atoms with E-state index in [-0.39, 0.29) is 5.56 Å². The molecule has 7 nitrogen and oxygen atoms in total. The quantitative estimate of drug-likeness (QED) is 0.769. The molecule has 0 spiro atoms. The number of hydrogen-bond donors (Lipinski definition) is 1. The first-order chi connectivity index (χ1) is 11.9. The van der Waals surface area contributed by atoms with Crippen molar-refractivity contribution in [1.82, 2.24) is 25.1 Å². The van der Waals surface area contributed by atoms with Gasteiger partial charge in [-0.3, -0.25) is 0 Å². The van der Waals surface area contributed by atoms with Gasteiger partial charge in [0, 0.05) is 0 Å². The Labute approximate surface area is 145 Å². The summed E-state index contributed by atoms with van der Waals surface area (Å²) in [6.45, 7) is 2.56. The summed E-state index contributed by atoms with van der Waals surface area (Å²) in [5.74, 6) is -0.347. The van der Waals surface area contributed by atoms with Crippen LogP contribution >= 0.6 is 0 Å². The number of tetrazole rings is 1. The summed E-state index contributed by atoms with van der Waals surface area (Å²) in [7, 11) is 3.84. The smallest absolute Gasteiger partial charge is 0.335 e. The van der Waals surface area contributed by atoms with Crippen LogP contribution in [-0.4, -0.2) is 50.3 Å². The summed E-state index contributed by atoms with van der Waals surface area (Å²) in [6.07, 6.45) is 0. The van der Waals surface area contributed by atoms with Gasteiger partial charge in [0.2, 0.25) is 0 Å². The van der Waals surface area contributed by atoms with E-state index in [1.54, 1.807) is 16.8 Å². The summed E-state index contributed by atoms with van der Waals surface area (Å²) in [5.41, 5.74) is 3.71. The molecule has 1 aromatic heterocycles. The lowest BCUT2D eigenvalue weighted by Crippen LogP contribution is -2.15. The van der Waals surface area contributed by atoms with E-state index in [1.807, 2.05) is 56.3 Å². The maximum absolute atomic E-state index is 11.6. The summed E-state index contributed by atoms with van der Waals surface area (Å²) in [5, 5.41) is 21.3. The summed E-state index contributed by atoms with van der Waals surface area (Å²) < 4.78 is 1.57. The maximum atomic E-state index is 11.6. The monoisotopic (exact) mass is 337 g/mol. The number of aryl methyl sites for hydroxylation is 1. The molecule has 0 aliphatic carbocycles. The van der Waals surface area contributed by atoms with Crippen molar-refractivity contribution in [3.63, 3.8) is 0 Å². The molecule has 0 saturated carbocycles. The molecule has 0 aliphatic heterocycles. The molecule has 0 amide bonds. The van der Waals surface area contributed by atoms with E-state index in [2.05, 4.69) is 15.5 Å². The molecule has 0 saturated heterocycles. The van der Waals surface area contributed by atoms with Crippen LogP contribution in [0, 0.1) is 6.92 Å². The number of carboxylic acid groups (broad SMARTS) is 1. The zero-order valence-corrected chi connectivity index (χ0v) is 14.3. The van der Waals surface area contributed by atoms with Crippen LogP contribution in [0.1, 0.15) is 21.7 Å². The van der Waals surface area contributed by atoms with E-state index in [0.29, 0.717) is 18.1 Å². The van der Waals surface area contributed by atoms with Gasteiger partial charge in [0.05, 0.1) is 17.8 Å². The predicted octanol–water partition coefficient (Wildman–Crippen LogP) is 2.40. The molecule has 0 atom stereocenters. The van der Waals surface area contributed by atoms with E-state index in [9.17, 15) is 9.90 Å². The number of rotatable bonds is 5. The molecule has 25 heavy (non-hydrogen) atoms. The summed E-state index contributed by atoms with van der Waals surface area (Å²) in [6, 6.07) is 13.1. The van der Waals surface area contributed by atoms with Gasteiger partial charge in [-0.15, -0.1) is 5.10 Å². The SMILES string of the molecule is Cc1ccc(-c2cc(C(=O)O)cc(-n3nnnc3CN(C)C)c2)cc1. The topological polar surface area (TPSA) is 84.1 Å². The number of carbonyl (C=O) groups is 1. The van der Waals surface area contributed by atoms with Gasteiger partial charge in [0.1, 0.15) is 0 Å². The molecule has 0 fully saturated rings. The van der Waals surface area contributed by atoms with E-state index in [4.69, 9.17) is 0 Å². The normalized spacial score (nSPS) is 11.0. The number of nitrogens with zero attached hydrogens (tertiary/aromatic N) is 5.